The molecule has 2 unspecified atom stereocenters. The lowest BCUT2D eigenvalue weighted by Crippen LogP contribution is -2.29. The van der Waals surface area contributed by atoms with Gasteiger partial charge in [-0.3, -0.25) is 4.79 Å². The van der Waals surface area contributed by atoms with Crippen LogP contribution < -0.4 is 11.1 Å². The maximum atomic E-state index is 13.4. The Morgan fingerprint density at radius 1 is 1.50 bits per heavy atom. The Morgan fingerprint density at radius 3 is 2.94 bits per heavy atom. The van der Waals surface area contributed by atoms with Crippen molar-refractivity contribution in [2.24, 2.45) is 17.6 Å². The normalized spacial score (nSPS) is 23.1. The lowest BCUT2D eigenvalue weighted by atomic mass is 9.95. The Hall–Kier alpha value is -1.42. The third kappa shape index (κ3) is 2.70. The average Bonchev–Trinajstić information content (AvgIpc) is 2.82. The second-order valence-electron chi connectivity index (χ2n) is 4.99. The maximum Gasteiger partial charge on any atom is 0.227 e. The lowest BCUT2D eigenvalue weighted by Gasteiger charge is -2.17. The summed E-state index contributed by atoms with van der Waals surface area (Å²) in [6.07, 6.45) is 2.93. The van der Waals surface area contributed by atoms with Gasteiger partial charge >= 0.3 is 0 Å². The molecule has 0 spiro atoms. The fraction of sp³-hybridized carbons (Fsp3) is 0.500. The van der Waals surface area contributed by atoms with Crippen LogP contribution in [0.25, 0.3) is 0 Å². The van der Waals surface area contributed by atoms with E-state index >= 15 is 0 Å². The molecule has 98 valence electrons. The van der Waals surface area contributed by atoms with E-state index in [-0.39, 0.29) is 23.6 Å². The van der Waals surface area contributed by atoms with Crippen molar-refractivity contribution < 1.29 is 9.18 Å². The summed E-state index contributed by atoms with van der Waals surface area (Å²) in [6, 6.07) is 4.75. The van der Waals surface area contributed by atoms with Crippen LogP contribution in [0.5, 0.6) is 0 Å². The average molecular weight is 250 g/mol. The fourth-order valence-electron chi connectivity index (χ4n) is 2.57. The van der Waals surface area contributed by atoms with Gasteiger partial charge in [0.25, 0.3) is 0 Å². The maximum absolute atomic E-state index is 13.4. The highest BCUT2D eigenvalue weighted by Crippen LogP contribution is 2.31. The zero-order chi connectivity index (χ0) is 13.1. The predicted molar refractivity (Wildman–Crippen MR) is 69.7 cm³/mol. The number of nitrogens with two attached hydrogens (primary N) is 1. The molecular weight excluding hydrogens is 231 g/mol. The smallest absolute Gasteiger partial charge is 0.227 e. The number of nitrogens with one attached hydrogen (secondary N) is 1. The van der Waals surface area contributed by atoms with E-state index in [0.717, 1.165) is 19.3 Å². The molecule has 2 atom stereocenters. The minimum Gasteiger partial charge on any atom is -0.330 e. The van der Waals surface area contributed by atoms with Gasteiger partial charge in [-0.2, -0.15) is 0 Å². The molecule has 3 N–H and O–H groups in total. The van der Waals surface area contributed by atoms with Crippen molar-refractivity contribution in [1.29, 1.82) is 0 Å². The zero-order valence-corrected chi connectivity index (χ0v) is 10.6. The van der Waals surface area contributed by atoms with Gasteiger partial charge in [0.1, 0.15) is 5.82 Å². The summed E-state index contributed by atoms with van der Waals surface area (Å²) in [4.78, 5) is 12.1. The predicted octanol–water partition coefficient (Wildman–Crippen LogP) is 2.45. The largest absolute Gasteiger partial charge is 0.330 e. The van der Waals surface area contributed by atoms with Crippen molar-refractivity contribution in [3.63, 3.8) is 0 Å². The summed E-state index contributed by atoms with van der Waals surface area (Å²) in [6.45, 7) is 2.24. The van der Waals surface area contributed by atoms with Gasteiger partial charge in [-0.25, -0.2) is 4.39 Å². The van der Waals surface area contributed by atoms with Gasteiger partial charge in [-0.1, -0.05) is 12.5 Å². The number of carbonyl (C=O) groups excluding carboxylic acids is 1. The molecule has 1 aromatic carbocycles. The minimum atomic E-state index is -0.297. The van der Waals surface area contributed by atoms with Crippen LogP contribution in [0, 0.1) is 24.6 Å². The highest BCUT2D eigenvalue weighted by Gasteiger charge is 2.31. The monoisotopic (exact) mass is 250 g/mol. The summed E-state index contributed by atoms with van der Waals surface area (Å²) >= 11 is 0. The van der Waals surface area contributed by atoms with E-state index in [1.807, 2.05) is 0 Å². The molecule has 0 aliphatic heterocycles. The minimum absolute atomic E-state index is 0.0284. The van der Waals surface area contributed by atoms with Crippen LogP contribution in [0.1, 0.15) is 24.8 Å². The number of hydrogen-bond donors (Lipinski definition) is 2. The summed E-state index contributed by atoms with van der Waals surface area (Å²) in [5.74, 6) is -0.0968. The van der Waals surface area contributed by atoms with Gasteiger partial charge < -0.3 is 11.1 Å². The first kappa shape index (κ1) is 13.0. The number of halogens is 1. The van der Waals surface area contributed by atoms with Crippen molar-refractivity contribution in [1.82, 2.24) is 0 Å². The Morgan fingerprint density at radius 2 is 2.28 bits per heavy atom. The van der Waals surface area contributed by atoms with Gasteiger partial charge in [0.15, 0.2) is 0 Å². The van der Waals surface area contributed by atoms with Crippen LogP contribution in [-0.2, 0) is 4.79 Å². The Labute approximate surface area is 107 Å². The van der Waals surface area contributed by atoms with Gasteiger partial charge in [0.05, 0.1) is 0 Å². The van der Waals surface area contributed by atoms with Crippen molar-refractivity contribution in [3.8, 4) is 0 Å². The highest BCUT2D eigenvalue weighted by atomic mass is 19.1. The highest BCUT2D eigenvalue weighted by molar-refractivity contribution is 5.92. The van der Waals surface area contributed by atoms with Crippen LogP contribution in [0.3, 0.4) is 0 Å². The van der Waals surface area contributed by atoms with E-state index in [4.69, 9.17) is 5.73 Å². The van der Waals surface area contributed by atoms with Crippen molar-refractivity contribution in [2.45, 2.75) is 26.2 Å². The van der Waals surface area contributed by atoms with Gasteiger partial charge in [-0.15, -0.1) is 0 Å². The number of aryl methyl sites for hydroxylation is 1. The molecule has 1 aliphatic rings. The second-order valence-corrected chi connectivity index (χ2v) is 4.99. The van der Waals surface area contributed by atoms with E-state index in [1.165, 1.54) is 6.07 Å². The first-order valence-corrected chi connectivity index (χ1v) is 6.39. The topological polar surface area (TPSA) is 55.1 Å². The van der Waals surface area contributed by atoms with E-state index in [9.17, 15) is 9.18 Å². The molecule has 0 bridgehead atoms. The van der Waals surface area contributed by atoms with Crippen molar-refractivity contribution in [3.05, 3.63) is 29.6 Å². The molecule has 1 amide bonds. The second kappa shape index (κ2) is 5.48. The number of amides is 1. The van der Waals surface area contributed by atoms with Crippen molar-refractivity contribution >= 4 is 11.6 Å². The summed E-state index contributed by atoms with van der Waals surface area (Å²) in [5, 5.41) is 2.78. The van der Waals surface area contributed by atoms with E-state index in [2.05, 4.69) is 5.32 Å². The Balaban J connectivity index is 2.04. The molecule has 1 aromatic rings. The molecule has 0 saturated heterocycles. The van der Waals surface area contributed by atoms with Gasteiger partial charge in [0.2, 0.25) is 5.91 Å². The molecule has 2 rings (SSSR count). The van der Waals surface area contributed by atoms with Gasteiger partial charge in [-0.05, 0) is 49.9 Å². The summed E-state index contributed by atoms with van der Waals surface area (Å²) in [7, 11) is 0. The fourth-order valence-corrected chi connectivity index (χ4v) is 2.57. The third-order valence-electron chi connectivity index (χ3n) is 3.74. The van der Waals surface area contributed by atoms with Crippen LogP contribution in [-0.4, -0.2) is 12.5 Å². The summed E-state index contributed by atoms with van der Waals surface area (Å²) in [5.41, 5.74) is 6.76. The molecule has 1 aliphatic carbocycles. The van der Waals surface area contributed by atoms with Gasteiger partial charge in [0, 0.05) is 11.6 Å². The van der Waals surface area contributed by atoms with Crippen LogP contribution in [0.4, 0.5) is 10.1 Å². The first-order valence-electron chi connectivity index (χ1n) is 6.39. The zero-order valence-electron chi connectivity index (χ0n) is 10.6. The quantitative estimate of drug-likeness (QED) is 0.865. The number of benzene rings is 1. The molecule has 1 fully saturated rings. The molecule has 18 heavy (non-hydrogen) atoms. The van der Waals surface area contributed by atoms with Crippen LogP contribution in [0.15, 0.2) is 18.2 Å². The standard InChI is InChI=1S/C14H19FN2O/c1-9-5-6-11(7-13(9)15)17-14(18)12-4-2-3-10(12)8-16/h5-7,10,12H,2-4,8,16H2,1H3,(H,17,18). The molecule has 0 aromatic heterocycles. The third-order valence-corrected chi connectivity index (χ3v) is 3.74. The lowest BCUT2D eigenvalue weighted by molar-refractivity contribution is -0.120. The molecule has 0 heterocycles. The Bertz CT molecular complexity index is 447. The molecule has 3 nitrogen and oxygen atoms in total. The number of hydrogen-bond acceptors (Lipinski definition) is 2. The van der Waals surface area contributed by atoms with Crippen LogP contribution in [0.2, 0.25) is 0 Å². The molecular formula is C14H19FN2O. The van der Waals surface area contributed by atoms with Crippen molar-refractivity contribution in [2.75, 3.05) is 11.9 Å². The molecule has 0 radical (unpaired) electrons. The first-order chi connectivity index (χ1) is 8.61. The van der Waals surface area contributed by atoms with E-state index in [1.54, 1.807) is 19.1 Å². The summed E-state index contributed by atoms with van der Waals surface area (Å²) < 4.78 is 13.4. The molecule has 1 saturated carbocycles. The van der Waals surface area contributed by atoms with E-state index in [0.29, 0.717) is 17.8 Å². The molecule has 4 heteroatoms. The Kier molecular flexibility index (Phi) is 3.97. The van der Waals surface area contributed by atoms with Crippen LogP contribution >= 0.6 is 0 Å². The van der Waals surface area contributed by atoms with E-state index < -0.39 is 0 Å². The number of anilines is 1. The number of rotatable bonds is 3. The number of carbonyl (C=O) groups is 1. The SMILES string of the molecule is Cc1ccc(NC(=O)C2CCCC2CN)cc1F.